The number of fused-ring (bicyclic) bond motifs is 6. The molecular weight excluding hydrogens is 631 g/mol. The van der Waals surface area contributed by atoms with Crippen molar-refractivity contribution in [2.45, 2.75) is 13.8 Å². The monoisotopic (exact) mass is 663 g/mol. The minimum atomic E-state index is 0.638. The first-order valence-corrected chi connectivity index (χ1v) is 17.5. The number of hydrogen-bond donors (Lipinski definition) is 0. The molecule has 0 amide bonds. The van der Waals surface area contributed by atoms with Gasteiger partial charge < -0.3 is 0 Å². The molecule has 0 unspecified atom stereocenters. The SMILES string of the molecule is C=C1C=C(c2ccccc2)c2c(c(C)c3c(-c4ccccc4)nc4ccccc4c3c2C)-c2ccc(-c3cncc(-c4ccc(C#N)cc4)c3)cc21. The molecule has 0 radical (unpaired) electrons. The molecule has 1 aliphatic carbocycles. The predicted octanol–water partition coefficient (Wildman–Crippen LogP) is 12.4. The Morgan fingerprint density at radius 3 is 1.92 bits per heavy atom. The van der Waals surface area contributed by atoms with E-state index in [1.165, 1.54) is 33.0 Å². The Kier molecular flexibility index (Phi) is 7.46. The first-order valence-electron chi connectivity index (χ1n) is 17.5. The van der Waals surface area contributed by atoms with Crippen LogP contribution in [0.2, 0.25) is 0 Å². The molecule has 2 heterocycles. The molecule has 6 aromatic carbocycles. The number of nitriles is 1. The van der Waals surface area contributed by atoms with Gasteiger partial charge in [-0.3, -0.25) is 4.98 Å². The van der Waals surface area contributed by atoms with Crippen LogP contribution in [-0.4, -0.2) is 9.97 Å². The van der Waals surface area contributed by atoms with Gasteiger partial charge in [0.15, 0.2) is 0 Å². The van der Waals surface area contributed by atoms with E-state index in [1.807, 2.05) is 36.7 Å². The van der Waals surface area contributed by atoms with Gasteiger partial charge in [-0.15, -0.1) is 0 Å². The predicted molar refractivity (Wildman–Crippen MR) is 216 cm³/mol. The molecule has 0 atom stereocenters. The highest BCUT2D eigenvalue weighted by atomic mass is 14.7. The first-order chi connectivity index (χ1) is 25.5. The molecule has 0 N–H and O–H groups in total. The van der Waals surface area contributed by atoms with Crippen molar-refractivity contribution in [2.24, 2.45) is 0 Å². The summed E-state index contributed by atoms with van der Waals surface area (Å²) in [5, 5.41) is 12.9. The number of benzene rings is 6. The van der Waals surface area contributed by atoms with Crippen LogP contribution in [0.4, 0.5) is 0 Å². The van der Waals surface area contributed by atoms with E-state index in [4.69, 9.17) is 11.6 Å². The summed E-state index contributed by atoms with van der Waals surface area (Å²) in [6, 6.07) is 48.5. The first kappa shape index (κ1) is 31.1. The number of aryl methyl sites for hydroxylation is 2. The summed E-state index contributed by atoms with van der Waals surface area (Å²) >= 11 is 0. The third-order valence-corrected chi connectivity index (χ3v) is 10.4. The van der Waals surface area contributed by atoms with Crippen molar-refractivity contribution in [3.63, 3.8) is 0 Å². The van der Waals surface area contributed by atoms with E-state index in [9.17, 15) is 5.26 Å². The van der Waals surface area contributed by atoms with E-state index in [-0.39, 0.29) is 0 Å². The molecule has 0 aliphatic heterocycles. The molecular formula is C49H33N3. The van der Waals surface area contributed by atoms with E-state index in [0.29, 0.717) is 5.56 Å². The van der Waals surface area contributed by atoms with Gasteiger partial charge in [0.05, 0.1) is 22.8 Å². The molecule has 8 aromatic rings. The Bertz CT molecular complexity index is 2800. The van der Waals surface area contributed by atoms with Crippen LogP contribution in [0.25, 0.3) is 77.5 Å². The van der Waals surface area contributed by atoms with Crippen molar-refractivity contribution in [1.82, 2.24) is 9.97 Å². The highest BCUT2D eigenvalue weighted by Crippen LogP contribution is 2.50. The van der Waals surface area contributed by atoms with Crippen molar-refractivity contribution in [3.8, 4) is 50.7 Å². The Morgan fingerprint density at radius 1 is 0.558 bits per heavy atom. The van der Waals surface area contributed by atoms with Gasteiger partial charge in [-0.2, -0.15) is 5.26 Å². The highest BCUT2D eigenvalue weighted by Gasteiger charge is 2.28. The number of allylic oxidation sites excluding steroid dienone is 2. The van der Waals surface area contributed by atoms with Crippen molar-refractivity contribution < 1.29 is 0 Å². The molecule has 0 fully saturated rings. The zero-order valence-electron chi connectivity index (χ0n) is 29.0. The smallest absolute Gasteiger partial charge is 0.0991 e. The fraction of sp³-hybridized carbons (Fsp3) is 0.0408. The van der Waals surface area contributed by atoms with Gasteiger partial charge >= 0.3 is 0 Å². The fourth-order valence-electron chi connectivity index (χ4n) is 7.94. The van der Waals surface area contributed by atoms with Crippen molar-refractivity contribution in [3.05, 3.63) is 192 Å². The highest BCUT2D eigenvalue weighted by molar-refractivity contribution is 6.19. The third kappa shape index (κ3) is 5.04. The summed E-state index contributed by atoms with van der Waals surface area (Å²) in [6.07, 6.45) is 6.06. The Labute approximate surface area is 303 Å². The molecule has 3 heteroatoms. The van der Waals surface area contributed by atoms with Crippen molar-refractivity contribution >= 4 is 32.8 Å². The average molecular weight is 664 g/mol. The van der Waals surface area contributed by atoms with E-state index < -0.39 is 0 Å². The van der Waals surface area contributed by atoms with E-state index in [0.717, 1.165) is 72.3 Å². The lowest BCUT2D eigenvalue weighted by Gasteiger charge is -2.24. The van der Waals surface area contributed by atoms with E-state index >= 15 is 0 Å². The third-order valence-electron chi connectivity index (χ3n) is 10.4. The van der Waals surface area contributed by atoms with E-state index in [2.05, 4.69) is 140 Å². The average Bonchev–Trinajstić information content (AvgIpc) is 3.34. The maximum Gasteiger partial charge on any atom is 0.0991 e. The Hall–Kier alpha value is -6.89. The van der Waals surface area contributed by atoms with Crippen LogP contribution < -0.4 is 0 Å². The lowest BCUT2D eigenvalue weighted by molar-refractivity contribution is 1.33. The van der Waals surface area contributed by atoms with Gasteiger partial charge in [0.25, 0.3) is 0 Å². The number of pyridine rings is 2. The lowest BCUT2D eigenvalue weighted by Crippen LogP contribution is -2.03. The molecule has 0 saturated heterocycles. The summed E-state index contributed by atoms with van der Waals surface area (Å²) in [6.45, 7) is 9.25. The van der Waals surface area contributed by atoms with Crippen molar-refractivity contribution in [1.29, 1.82) is 5.26 Å². The largest absolute Gasteiger partial charge is 0.263 e. The zero-order chi connectivity index (χ0) is 35.3. The number of aromatic nitrogens is 2. The van der Waals surface area contributed by atoms with Crippen LogP contribution in [0.5, 0.6) is 0 Å². The summed E-state index contributed by atoms with van der Waals surface area (Å²) in [7, 11) is 0. The van der Waals surface area contributed by atoms with Gasteiger partial charge in [-0.25, -0.2) is 4.98 Å². The standard InChI is InChI=1S/C49H33N3/c1-30-24-43(35-12-6-4-7-13-35)47-31(2)46-41-16-10-11-17-44(41)52-49(36-14-8-5-9-15-36)48(46)32(3)45(47)40-23-22-37(26-42(30)40)39-25-38(28-51-29-39)34-20-18-33(27-50)19-21-34/h4-26,28-29H,1H2,2-3H3. The number of para-hydroxylation sites is 1. The van der Waals surface area contributed by atoms with Gasteiger partial charge in [-0.1, -0.05) is 110 Å². The molecule has 0 bridgehead atoms. The summed E-state index contributed by atoms with van der Waals surface area (Å²) in [5.74, 6) is 0. The van der Waals surface area contributed by atoms with Gasteiger partial charge in [0.2, 0.25) is 0 Å². The second-order valence-electron chi connectivity index (χ2n) is 13.5. The van der Waals surface area contributed by atoms with Gasteiger partial charge in [0, 0.05) is 39.9 Å². The maximum atomic E-state index is 9.29. The number of nitrogens with zero attached hydrogens (tertiary/aromatic N) is 3. The van der Waals surface area contributed by atoms with Gasteiger partial charge in [-0.05, 0) is 117 Å². The molecule has 1 aliphatic rings. The van der Waals surface area contributed by atoms with Gasteiger partial charge in [0.1, 0.15) is 0 Å². The molecule has 3 nitrogen and oxygen atoms in total. The quantitative estimate of drug-likeness (QED) is 0.176. The van der Waals surface area contributed by atoms with Crippen LogP contribution in [0.3, 0.4) is 0 Å². The fourth-order valence-corrected chi connectivity index (χ4v) is 7.94. The topological polar surface area (TPSA) is 49.6 Å². The second kappa shape index (κ2) is 12.5. The molecule has 0 saturated carbocycles. The second-order valence-corrected chi connectivity index (χ2v) is 13.5. The normalized spacial score (nSPS) is 12.2. The molecule has 52 heavy (non-hydrogen) atoms. The Morgan fingerprint density at radius 2 is 1.19 bits per heavy atom. The number of rotatable bonds is 4. The molecule has 0 spiro atoms. The van der Waals surface area contributed by atoms with Crippen LogP contribution >= 0.6 is 0 Å². The summed E-state index contributed by atoms with van der Waals surface area (Å²) in [5.41, 5.74) is 18.2. The summed E-state index contributed by atoms with van der Waals surface area (Å²) in [4.78, 5) is 9.97. The van der Waals surface area contributed by atoms with Crippen LogP contribution in [0.1, 0.15) is 33.4 Å². The molecule has 9 rings (SSSR count). The lowest BCUT2D eigenvalue weighted by atomic mass is 9.80. The minimum Gasteiger partial charge on any atom is -0.263 e. The minimum absolute atomic E-state index is 0.638. The van der Waals surface area contributed by atoms with Crippen LogP contribution in [-0.2, 0) is 0 Å². The van der Waals surface area contributed by atoms with Crippen molar-refractivity contribution in [2.75, 3.05) is 0 Å². The maximum absolute atomic E-state index is 9.29. The summed E-state index contributed by atoms with van der Waals surface area (Å²) < 4.78 is 0. The molecule has 244 valence electrons. The van der Waals surface area contributed by atoms with E-state index in [1.54, 1.807) is 0 Å². The zero-order valence-corrected chi connectivity index (χ0v) is 29.0. The van der Waals surface area contributed by atoms with Crippen LogP contribution in [0, 0.1) is 25.2 Å². The Balaban J connectivity index is 1.34. The molecule has 2 aromatic heterocycles. The number of hydrogen-bond acceptors (Lipinski definition) is 3. The van der Waals surface area contributed by atoms with Crippen LogP contribution in [0.15, 0.2) is 159 Å².